The molecule has 3 rings (SSSR count). The van der Waals surface area contributed by atoms with Gasteiger partial charge in [-0.3, -0.25) is 0 Å². The Morgan fingerprint density at radius 3 is 2.46 bits per heavy atom. The summed E-state index contributed by atoms with van der Waals surface area (Å²) in [5.41, 5.74) is 1.40. The molecule has 0 saturated heterocycles. The first kappa shape index (κ1) is 20.4. The van der Waals surface area contributed by atoms with Crippen molar-refractivity contribution in [1.82, 2.24) is 4.98 Å². The minimum absolute atomic E-state index is 0.0257. The first-order valence-corrected chi connectivity index (χ1v) is 9.78. The summed E-state index contributed by atoms with van der Waals surface area (Å²) in [6.45, 7) is 8.12. The second-order valence-corrected chi connectivity index (χ2v) is 8.72. The highest BCUT2D eigenvalue weighted by Crippen LogP contribution is 2.41. The lowest BCUT2D eigenvalue weighted by molar-refractivity contribution is -0.0293. The zero-order valence-corrected chi connectivity index (χ0v) is 17.3. The van der Waals surface area contributed by atoms with E-state index in [0.29, 0.717) is 18.6 Å². The van der Waals surface area contributed by atoms with Crippen LogP contribution in [0.2, 0.25) is 0 Å². The van der Waals surface area contributed by atoms with E-state index in [1.54, 1.807) is 13.2 Å². The van der Waals surface area contributed by atoms with E-state index in [9.17, 15) is 9.50 Å². The number of H-pyrrole nitrogens is 1. The molecule has 0 bridgehead atoms. The molecule has 0 aliphatic heterocycles. The number of halogens is 1. The summed E-state index contributed by atoms with van der Waals surface area (Å²) in [7, 11) is 1.59. The summed E-state index contributed by atoms with van der Waals surface area (Å²) in [5.74, 6) is 0.369. The van der Waals surface area contributed by atoms with Crippen LogP contribution in [0.1, 0.15) is 45.4 Å². The predicted molar refractivity (Wildman–Crippen MR) is 112 cm³/mol. The fourth-order valence-corrected chi connectivity index (χ4v) is 4.10. The molecular formula is C24H30FNO2. The van der Waals surface area contributed by atoms with Crippen LogP contribution in [0.5, 0.6) is 5.75 Å². The molecule has 0 aliphatic carbocycles. The number of rotatable bonds is 7. The number of nitrogens with one attached hydrogen (secondary N) is 1. The van der Waals surface area contributed by atoms with E-state index < -0.39 is 11.0 Å². The van der Waals surface area contributed by atoms with E-state index in [1.807, 2.05) is 45.9 Å². The third kappa shape index (κ3) is 4.07. The highest BCUT2D eigenvalue weighted by Gasteiger charge is 2.39. The molecule has 0 fully saturated rings. The molecule has 4 heteroatoms. The second kappa shape index (κ2) is 7.59. The van der Waals surface area contributed by atoms with Crippen LogP contribution >= 0.6 is 0 Å². The SMILES string of the molecule is COc1ccc(F)cc1C(C)(C)CC(O)(Cc1cc2ccccc2[nH]1)C(C)C. The quantitative estimate of drug-likeness (QED) is 0.557. The number of fused-ring (bicyclic) bond motifs is 1. The molecule has 28 heavy (non-hydrogen) atoms. The predicted octanol–water partition coefficient (Wildman–Crippen LogP) is 5.61. The van der Waals surface area contributed by atoms with Gasteiger partial charge in [-0.25, -0.2) is 4.39 Å². The third-order valence-corrected chi connectivity index (χ3v) is 5.80. The lowest BCUT2D eigenvalue weighted by atomic mass is 9.70. The Bertz CT molecular complexity index is 927. The lowest BCUT2D eigenvalue weighted by Gasteiger charge is -2.40. The summed E-state index contributed by atoms with van der Waals surface area (Å²) in [6.07, 6.45) is 0.979. The van der Waals surface area contributed by atoms with Crippen molar-refractivity contribution < 1.29 is 14.2 Å². The molecule has 1 atom stereocenters. The molecule has 0 radical (unpaired) electrons. The first-order valence-electron chi connectivity index (χ1n) is 9.78. The van der Waals surface area contributed by atoms with Crippen LogP contribution < -0.4 is 4.74 Å². The molecule has 0 amide bonds. The fourth-order valence-electron chi connectivity index (χ4n) is 4.10. The Labute approximate surface area is 166 Å². The van der Waals surface area contributed by atoms with Crippen LogP contribution in [0.3, 0.4) is 0 Å². The molecule has 3 aromatic rings. The van der Waals surface area contributed by atoms with E-state index in [1.165, 1.54) is 12.1 Å². The summed E-state index contributed by atoms with van der Waals surface area (Å²) >= 11 is 0. The van der Waals surface area contributed by atoms with Crippen molar-refractivity contribution >= 4 is 10.9 Å². The normalized spacial score (nSPS) is 14.4. The van der Waals surface area contributed by atoms with Crippen LogP contribution in [0.4, 0.5) is 4.39 Å². The van der Waals surface area contributed by atoms with Gasteiger partial charge >= 0.3 is 0 Å². The van der Waals surface area contributed by atoms with Crippen LogP contribution in [0.15, 0.2) is 48.5 Å². The Morgan fingerprint density at radius 2 is 1.82 bits per heavy atom. The van der Waals surface area contributed by atoms with Gasteiger partial charge in [-0.15, -0.1) is 0 Å². The van der Waals surface area contributed by atoms with Gasteiger partial charge in [0.25, 0.3) is 0 Å². The Hall–Kier alpha value is -2.33. The van der Waals surface area contributed by atoms with Crippen LogP contribution in [-0.4, -0.2) is 22.8 Å². The van der Waals surface area contributed by atoms with Crippen LogP contribution in [-0.2, 0) is 11.8 Å². The van der Waals surface area contributed by atoms with Crippen molar-refractivity contribution in [3.63, 3.8) is 0 Å². The van der Waals surface area contributed by atoms with Gasteiger partial charge in [-0.05, 0) is 53.5 Å². The van der Waals surface area contributed by atoms with Crippen molar-refractivity contribution in [3.8, 4) is 5.75 Å². The maximum Gasteiger partial charge on any atom is 0.123 e. The van der Waals surface area contributed by atoms with Gasteiger partial charge in [-0.2, -0.15) is 0 Å². The number of aromatic amines is 1. The molecule has 150 valence electrons. The minimum atomic E-state index is -0.957. The smallest absolute Gasteiger partial charge is 0.123 e. The maximum absolute atomic E-state index is 13.9. The Morgan fingerprint density at radius 1 is 1.11 bits per heavy atom. The fraction of sp³-hybridized carbons (Fsp3) is 0.417. The highest BCUT2D eigenvalue weighted by molar-refractivity contribution is 5.80. The van der Waals surface area contributed by atoms with Crippen molar-refractivity contribution in [2.24, 2.45) is 5.92 Å². The van der Waals surface area contributed by atoms with E-state index in [4.69, 9.17) is 4.74 Å². The van der Waals surface area contributed by atoms with E-state index in [0.717, 1.165) is 22.2 Å². The van der Waals surface area contributed by atoms with Gasteiger partial charge < -0.3 is 14.8 Å². The molecule has 1 unspecified atom stereocenters. The van der Waals surface area contributed by atoms with Crippen molar-refractivity contribution in [1.29, 1.82) is 0 Å². The molecule has 1 heterocycles. The molecular weight excluding hydrogens is 353 g/mol. The first-order chi connectivity index (χ1) is 13.1. The number of aliphatic hydroxyl groups is 1. The van der Waals surface area contributed by atoms with Gasteiger partial charge in [0.2, 0.25) is 0 Å². The average molecular weight is 384 g/mol. The summed E-state index contributed by atoms with van der Waals surface area (Å²) in [5, 5.41) is 12.8. The Balaban J connectivity index is 1.93. The third-order valence-electron chi connectivity index (χ3n) is 5.80. The number of para-hydroxylation sites is 1. The van der Waals surface area contributed by atoms with Crippen LogP contribution in [0, 0.1) is 11.7 Å². The molecule has 2 aromatic carbocycles. The average Bonchev–Trinajstić information content (AvgIpc) is 3.02. The molecule has 0 saturated carbocycles. The number of hydrogen-bond acceptors (Lipinski definition) is 2. The van der Waals surface area contributed by atoms with E-state index in [-0.39, 0.29) is 11.7 Å². The van der Waals surface area contributed by atoms with Gasteiger partial charge in [0.1, 0.15) is 11.6 Å². The monoisotopic (exact) mass is 383 g/mol. The standard InChI is InChI=1S/C24H30FNO2/c1-16(2)24(27,14-19-12-17-8-6-7-9-21(17)26-19)15-23(3,4)20-13-18(25)10-11-22(20)28-5/h6-13,16,26-27H,14-15H2,1-5H3. The number of ether oxygens (including phenoxy) is 1. The summed E-state index contributed by atoms with van der Waals surface area (Å²) in [6, 6.07) is 14.8. The van der Waals surface area contributed by atoms with Crippen molar-refractivity contribution in [3.05, 3.63) is 65.6 Å². The topological polar surface area (TPSA) is 45.2 Å². The summed E-state index contributed by atoms with van der Waals surface area (Å²) < 4.78 is 19.4. The van der Waals surface area contributed by atoms with Gasteiger partial charge in [-0.1, -0.05) is 45.9 Å². The molecule has 0 aliphatic rings. The number of hydrogen-bond donors (Lipinski definition) is 2. The van der Waals surface area contributed by atoms with Crippen LogP contribution in [0.25, 0.3) is 10.9 Å². The molecule has 3 nitrogen and oxygen atoms in total. The molecule has 1 aromatic heterocycles. The zero-order chi connectivity index (χ0) is 20.5. The highest BCUT2D eigenvalue weighted by atomic mass is 19.1. The second-order valence-electron chi connectivity index (χ2n) is 8.72. The maximum atomic E-state index is 13.9. The van der Waals surface area contributed by atoms with Gasteiger partial charge in [0.05, 0.1) is 12.7 Å². The number of methoxy groups -OCH3 is 1. The van der Waals surface area contributed by atoms with Crippen molar-refractivity contribution in [2.75, 3.05) is 7.11 Å². The number of aromatic nitrogens is 1. The van der Waals surface area contributed by atoms with E-state index in [2.05, 4.69) is 17.1 Å². The summed E-state index contributed by atoms with van der Waals surface area (Å²) in [4.78, 5) is 3.42. The zero-order valence-electron chi connectivity index (χ0n) is 17.3. The molecule has 2 N–H and O–H groups in total. The van der Waals surface area contributed by atoms with Crippen molar-refractivity contribution in [2.45, 2.75) is 51.6 Å². The largest absolute Gasteiger partial charge is 0.496 e. The van der Waals surface area contributed by atoms with Gasteiger partial charge in [0, 0.05) is 23.2 Å². The Kier molecular flexibility index (Phi) is 5.53. The van der Waals surface area contributed by atoms with E-state index >= 15 is 0 Å². The number of benzene rings is 2. The minimum Gasteiger partial charge on any atom is -0.496 e. The lowest BCUT2D eigenvalue weighted by Crippen LogP contribution is -2.43. The molecule has 0 spiro atoms. The van der Waals surface area contributed by atoms with Gasteiger partial charge in [0.15, 0.2) is 0 Å².